The van der Waals surface area contributed by atoms with Crippen LogP contribution in [0.4, 0.5) is 11.4 Å². The van der Waals surface area contributed by atoms with Gasteiger partial charge in [0.1, 0.15) is 0 Å². The lowest BCUT2D eigenvalue weighted by Crippen LogP contribution is -2.27. The van der Waals surface area contributed by atoms with Gasteiger partial charge in [-0.1, -0.05) is 30.3 Å². The molecule has 3 rings (SSSR count). The number of amides is 1. The van der Waals surface area contributed by atoms with E-state index in [1.165, 1.54) is 0 Å². The Morgan fingerprint density at radius 3 is 2.21 bits per heavy atom. The third-order valence-electron chi connectivity index (χ3n) is 3.68. The van der Waals surface area contributed by atoms with Crippen molar-refractivity contribution < 1.29 is 4.79 Å². The fourth-order valence-corrected chi connectivity index (χ4v) is 2.35. The van der Waals surface area contributed by atoms with Crippen LogP contribution in [0.15, 0.2) is 54.6 Å². The summed E-state index contributed by atoms with van der Waals surface area (Å²) < 4.78 is 0. The zero-order valence-corrected chi connectivity index (χ0v) is 10.6. The first kappa shape index (κ1) is 11.8. The number of carbonyl (C=O) groups is 1. The van der Waals surface area contributed by atoms with Gasteiger partial charge in [-0.3, -0.25) is 4.79 Å². The molecule has 0 spiro atoms. The number of anilines is 2. The maximum atomic E-state index is 12.4. The third-order valence-corrected chi connectivity index (χ3v) is 3.68. The fourth-order valence-electron chi connectivity index (χ4n) is 2.35. The number of hydrogen-bond acceptors (Lipinski definition) is 2. The Balaban J connectivity index is 1.79. The SMILES string of the molecule is Nc1ccc(NC(=O)C2(c3ccccc3)CC2)cc1. The second-order valence-corrected chi connectivity index (χ2v) is 5.02. The van der Waals surface area contributed by atoms with Gasteiger partial charge >= 0.3 is 0 Å². The summed E-state index contributed by atoms with van der Waals surface area (Å²) in [5.41, 5.74) is 7.89. The van der Waals surface area contributed by atoms with E-state index in [0.717, 1.165) is 24.1 Å². The van der Waals surface area contributed by atoms with E-state index in [1.807, 2.05) is 42.5 Å². The Hall–Kier alpha value is -2.29. The summed E-state index contributed by atoms with van der Waals surface area (Å²) in [4.78, 5) is 12.4. The molecule has 3 heteroatoms. The number of nitrogens with one attached hydrogen (secondary N) is 1. The number of benzene rings is 2. The predicted octanol–water partition coefficient (Wildman–Crippen LogP) is 2.94. The summed E-state index contributed by atoms with van der Waals surface area (Å²) in [5, 5.41) is 2.98. The maximum absolute atomic E-state index is 12.4. The first-order valence-corrected chi connectivity index (χ1v) is 6.43. The molecule has 1 aliphatic rings. The van der Waals surface area contributed by atoms with Gasteiger partial charge in [0.25, 0.3) is 0 Å². The first-order valence-electron chi connectivity index (χ1n) is 6.43. The van der Waals surface area contributed by atoms with Crippen molar-refractivity contribution in [2.75, 3.05) is 11.1 Å². The highest BCUT2D eigenvalue weighted by atomic mass is 16.2. The summed E-state index contributed by atoms with van der Waals surface area (Å²) in [6.45, 7) is 0. The smallest absolute Gasteiger partial charge is 0.235 e. The van der Waals surface area contributed by atoms with Gasteiger partial charge < -0.3 is 11.1 Å². The monoisotopic (exact) mass is 252 g/mol. The van der Waals surface area contributed by atoms with Gasteiger partial charge in [-0.25, -0.2) is 0 Å². The molecule has 0 unspecified atom stereocenters. The second-order valence-electron chi connectivity index (χ2n) is 5.02. The minimum absolute atomic E-state index is 0.0727. The van der Waals surface area contributed by atoms with Crippen molar-refractivity contribution in [3.63, 3.8) is 0 Å². The molecule has 0 atom stereocenters. The van der Waals surface area contributed by atoms with E-state index >= 15 is 0 Å². The summed E-state index contributed by atoms with van der Waals surface area (Å²) in [6, 6.07) is 17.2. The third kappa shape index (κ3) is 2.19. The molecule has 1 amide bonds. The molecule has 1 fully saturated rings. The van der Waals surface area contributed by atoms with E-state index in [9.17, 15) is 4.79 Å². The van der Waals surface area contributed by atoms with Gasteiger partial charge in [0.15, 0.2) is 0 Å². The quantitative estimate of drug-likeness (QED) is 0.825. The summed E-state index contributed by atoms with van der Waals surface area (Å²) >= 11 is 0. The van der Waals surface area contributed by atoms with Crippen LogP contribution in [0, 0.1) is 0 Å². The number of nitrogen functional groups attached to an aromatic ring is 1. The van der Waals surface area contributed by atoms with Crippen LogP contribution in [-0.4, -0.2) is 5.91 Å². The molecule has 19 heavy (non-hydrogen) atoms. The van der Waals surface area contributed by atoms with Crippen molar-refractivity contribution >= 4 is 17.3 Å². The van der Waals surface area contributed by atoms with E-state index in [1.54, 1.807) is 12.1 Å². The number of rotatable bonds is 3. The Morgan fingerprint density at radius 1 is 1.00 bits per heavy atom. The highest BCUT2D eigenvalue weighted by Crippen LogP contribution is 2.48. The molecule has 1 saturated carbocycles. The van der Waals surface area contributed by atoms with Gasteiger partial charge in [0.2, 0.25) is 5.91 Å². The molecule has 0 aliphatic heterocycles. The normalized spacial score (nSPS) is 15.8. The molecular formula is C16H16N2O. The Bertz CT molecular complexity index is 586. The lowest BCUT2D eigenvalue weighted by Gasteiger charge is -2.15. The second kappa shape index (κ2) is 4.43. The standard InChI is InChI=1S/C16H16N2O/c17-13-6-8-14(9-7-13)18-15(19)16(10-11-16)12-4-2-1-3-5-12/h1-9H,10-11,17H2,(H,18,19). The van der Waals surface area contributed by atoms with Crippen LogP contribution in [-0.2, 0) is 10.2 Å². The lowest BCUT2D eigenvalue weighted by atomic mass is 9.95. The molecular weight excluding hydrogens is 236 g/mol. The highest BCUT2D eigenvalue weighted by molar-refractivity contribution is 6.01. The van der Waals surface area contributed by atoms with Crippen molar-refractivity contribution in [3.05, 3.63) is 60.2 Å². The van der Waals surface area contributed by atoms with E-state index in [2.05, 4.69) is 5.32 Å². The summed E-state index contributed by atoms with van der Waals surface area (Å²) in [6.07, 6.45) is 1.83. The fraction of sp³-hybridized carbons (Fsp3) is 0.188. The van der Waals surface area contributed by atoms with E-state index in [4.69, 9.17) is 5.73 Å². The average Bonchev–Trinajstić information content (AvgIpc) is 3.24. The molecule has 0 saturated heterocycles. The van der Waals surface area contributed by atoms with Crippen molar-refractivity contribution in [2.24, 2.45) is 0 Å². The van der Waals surface area contributed by atoms with E-state index in [-0.39, 0.29) is 11.3 Å². The molecule has 0 heterocycles. The van der Waals surface area contributed by atoms with Crippen LogP contribution < -0.4 is 11.1 Å². The number of carbonyl (C=O) groups excluding carboxylic acids is 1. The number of hydrogen-bond donors (Lipinski definition) is 2. The lowest BCUT2D eigenvalue weighted by molar-refractivity contribution is -0.118. The van der Waals surface area contributed by atoms with Gasteiger partial charge in [-0.2, -0.15) is 0 Å². The van der Waals surface area contributed by atoms with Gasteiger partial charge in [0, 0.05) is 11.4 Å². The minimum Gasteiger partial charge on any atom is -0.399 e. The molecule has 2 aromatic carbocycles. The average molecular weight is 252 g/mol. The molecule has 2 aromatic rings. The molecule has 3 nitrogen and oxygen atoms in total. The Labute approximate surface area is 112 Å². The molecule has 1 aliphatic carbocycles. The van der Waals surface area contributed by atoms with Crippen LogP contribution in [0.5, 0.6) is 0 Å². The van der Waals surface area contributed by atoms with E-state index < -0.39 is 0 Å². The van der Waals surface area contributed by atoms with Crippen LogP contribution in [0.3, 0.4) is 0 Å². The van der Waals surface area contributed by atoms with Crippen LogP contribution in [0.1, 0.15) is 18.4 Å². The molecule has 0 bridgehead atoms. The number of nitrogens with two attached hydrogens (primary N) is 1. The Morgan fingerprint density at radius 2 is 1.63 bits per heavy atom. The van der Waals surface area contributed by atoms with Crippen LogP contribution in [0.25, 0.3) is 0 Å². The predicted molar refractivity (Wildman–Crippen MR) is 76.8 cm³/mol. The van der Waals surface area contributed by atoms with Gasteiger partial charge in [0.05, 0.1) is 5.41 Å². The van der Waals surface area contributed by atoms with Gasteiger partial charge in [-0.15, -0.1) is 0 Å². The van der Waals surface area contributed by atoms with Crippen LogP contribution >= 0.6 is 0 Å². The first-order chi connectivity index (χ1) is 9.21. The largest absolute Gasteiger partial charge is 0.399 e. The van der Waals surface area contributed by atoms with Crippen molar-refractivity contribution in [1.29, 1.82) is 0 Å². The summed E-state index contributed by atoms with van der Waals surface area (Å²) in [5.74, 6) is 0.0727. The zero-order chi connectivity index (χ0) is 13.3. The van der Waals surface area contributed by atoms with Crippen molar-refractivity contribution in [3.8, 4) is 0 Å². The van der Waals surface area contributed by atoms with Crippen molar-refractivity contribution in [2.45, 2.75) is 18.3 Å². The van der Waals surface area contributed by atoms with Crippen LogP contribution in [0.2, 0.25) is 0 Å². The minimum atomic E-state index is -0.331. The maximum Gasteiger partial charge on any atom is 0.235 e. The molecule has 0 radical (unpaired) electrons. The Kier molecular flexibility index (Phi) is 2.75. The van der Waals surface area contributed by atoms with E-state index in [0.29, 0.717) is 5.69 Å². The topological polar surface area (TPSA) is 55.1 Å². The zero-order valence-electron chi connectivity index (χ0n) is 10.6. The van der Waals surface area contributed by atoms with Gasteiger partial charge in [-0.05, 0) is 42.7 Å². The molecule has 3 N–H and O–H groups in total. The molecule has 0 aromatic heterocycles. The summed E-state index contributed by atoms with van der Waals surface area (Å²) in [7, 11) is 0. The van der Waals surface area contributed by atoms with Crippen molar-refractivity contribution in [1.82, 2.24) is 0 Å². The highest BCUT2D eigenvalue weighted by Gasteiger charge is 2.51. The molecule has 96 valence electrons.